The predicted octanol–water partition coefficient (Wildman–Crippen LogP) is 4.66. The summed E-state index contributed by atoms with van der Waals surface area (Å²) in [6.07, 6.45) is 2.87. The number of nitrogens with zero attached hydrogens (tertiary/aromatic N) is 5. The van der Waals surface area contributed by atoms with Gasteiger partial charge in [-0.3, -0.25) is 19.3 Å². The fourth-order valence-corrected chi connectivity index (χ4v) is 5.70. The van der Waals surface area contributed by atoms with Crippen LogP contribution < -0.4 is 0 Å². The van der Waals surface area contributed by atoms with Gasteiger partial charge in [0.1, 0.15) is 6.54 Å². The first-order chi connectivity index (χ1) is 17.8. The molecule has 3 fully saturated rings. The quantitative estimate of drug-likeness (QED) is 0.526. The average Bonchev–Trinajstić information content (AvgIpc) is 3.44. The van der Waals surface area contributed by atoms with Gasteiger partial charge in [0.05, 0.1) is 29.1 Å². The van der Waals surface area contributed by atoms with E-state index in [4.69, 9.17) is 0 Å². The van der Waals surface area contributed by atoms with Gasteiger partial charge < -0.3 is 9.80 Å². The zero-order valence-electron chi connectivity index (χ0n) is 21.0. The van der Waals surface area contributed by atoms with E-state index in [9.17, 15) is 22.8 Å². The van der Waals surface area contributed by atoms with Crippen LogP contribution in [-0.2, 0) is 11.0 Å². The monoisotopic (exact) mass is 515 g/mol. The molecule has 0 bridgehead atoms. The lowest BCUT2D eigenvalue weighted by Gasteiger charge is -2.32. The Morgan fingerprint density at radius 3 is 2.41 bits per heavy atom. The van der Waals surface area contributed by atoms with Gasteiger partial charge in [-0.05, 0) is 56.9 Å². The summed E-state index contributed by atoms with van der Waals surface area (Å²) in [6, 6.07) is 5.78. The lowest BCUT2D eigenvalue weighted by molar-refractivity contribution is -0.138. The van der Waals surface area contributed by atoms with Gasteiger partial charge in [0.15, 0.2) is 0 Å². The Kier molecular flexibility index (Phi) is 7.09. The van der Waals surface area contributed by atoms with Crippen LogP contribution in [0.1, 0.15) is 84.1 Å². The lowest BCUT2D eigenvalue weighted by Crippen LogP contribution is -2.40. The largest absolute Gasteiger partial charge is 0.416 e. The standard InChI is InChI=1S/C27H32F3N5O2/c1-2-31-16-24(36)33-13-10-20(11-14-33)35-25(18-7-8-18)22(15-32-35)26(37)34-12-9-19(17-34)21-5-3-4-6-23(21)27(28,29)30/h2-6,15,18-20H,7-14,16-17H2,1H3/t19-/m1/s1. The van der Waals surface area contributed by atoms with Crippen LogP contribution in [0.4, 0.5) is 13.2 Å². The summed E-state index contributed by atoms with van der Waals surface area (Å²) in [4.78, 5) is 33.4. The number of hydrogen-bond donors (Lipinski definition) is 0. The molecule has 0 spiro atoms. The Labute approximate surface area is 214 Å². The minimum Gasteiger partial charge on any atom is -0.341 e. The SMILES string of the molecule is CC=NCC(=O)N1CCC(n2ncc(C(=O)N3CC[C@@H](c4ccccc4C(F)(F)F)C3)c2C2CC2)CC1. The van der Waals surface area contributed by atoms with Gasteiger partial charge in [-0.1, -0.05) is 18.2 Å². The van der Waals surface area contributed by atoms with Gasteiger partial charge >= 0.3 is 6.18 Å². The van der Waals surface area contributed by atoms with Gasteiger partial charge in [-0.15, -0.1) is 0 Å². The number of benzene rings is 1. The molecule has 3 aliphatic rings. The summed E-state index contributed by atoms with van der Waals surface area (Å²) in [7, 11) is 0. The van der Waals surface area contributed by atoms with Crippen molar-refractivity contribution in [2.24, 2.45) is 4.99 Å². The number of aromatic nitrogens is 2. The molecule has 10 heteroatoms. The third kappa shape index (κ3) is 5.29. The number of piperidine rings is 1. The smallest absolute Gasteiger partial charge is 0.341 e. The van der Waals surface area contributed by atoms with Crippen molar-refractivity contribution in [2.75, 3.05) is 32.7 Å². The number of halogens is 3. The molecule has 1 saturated carbocycles. The van der Waals surface area contributed by atoms with Gasteiger partial charge in [0.25, 0.3) is 5.91 Å². The van der Waals surface area contributed by atoms with Crippen molar-refractivity contribution in [3.8, 4) is 0 Å². The molecule has 0 N–H and O–H groups in total. The summed E-state index contributed by atoms with van der Waals surface area (Å²) < 4.78 is 42.7. The second-order valence-corrected chi connectivity index (χ2v) is 10.2. The Hall–Kier alpha value is -3.17. The second kappa shape index (κ2) is 10.3. The van der Waals surface area contributed by atoms with E-state index in [1.807, 2.05) is 9.58 Å². The maximum absolute atomic E-state index is 13.6. The number of rotatable bonds is 6. The van der Waals surface area contributed by atoms with E-state index in [1.165, 1.54) is 12.1 Å². The topological polar surface area (TPSA) is 70.8 Å². The van der Waals surface area contributed by atoms with E-state index in [2.05, 4.69) is 10.1 Å². The molecular formula is C27H32F3N5O2. The molecule has 2 aliphatic heterocycles. The summed E-state index contributed by atoms with van der Waals surface area (Å²) in [5.41, 5.74) is 1.16. The summed E-state index contributed by atoms with van der Waals surface area (Å²) in [5, 5.41) is 4.63. The van der Waals surface area contributed by atoms with E-state index in [1.54, 1.807) is 30.3 Å². The normalized spacial score (nSPS) is 21.2. The molecule has 2 amide bonds. The van der Waals surface area contributed by atoms with Crippen LogP contribution in [0.25, 0.3) is 0 Å². The Bertz CT molecular complexity index is 1180. The number of carbonyl (C=O) groups is 2. The van der Waals surface area contributed by atoms with Crippen LogP contribution in [0.5, 0.6) is 0 Å². The van der Waals surface area contributed by atoms with Crippen LogP contribution in [0.2, 0.25) is 0 Å². The first-order valence-electron chi connectivity index (χ1n) is 13.0. The van der Waals surface area contributed by atoms with E-state index < -0.39 is 11.7 Å². The highest BCUT2D eigenvalue weighted by Gasteiger charge is 2.40. The fraction of sp³-hybridized carbons (Fsp3) is 0.556. The van der Waals surface area contributed by atoms with Gasteiger partial charge in [0.2, 0.25) is 5.91 Å². The van der Waals surface area contributed by atoms with Crippen molar-refractivity contribution >= 4 is 18.0 Å². The van der Waals surface area contributed by atoms with Crippen molar-refractivity contribution in [3.63, 3.8) is 0 Å². The number of likely N-dealkylation sites (tertiary alicyclic amines) is 2. The van der Waals surface area contributed by atoms with Gasteiger partial charge in [-0.25, -0.2) is 0 Å². The molecule has 37 heavy (non-hydrogen) atoms. The number of carbonyl (C=O) groups excluding carboxylic acids is 2. The van der Waals surface area contributed by atoms with Crippen LogP contribution >= 0.6 is 0 Å². The minimum absolute atomic E-state index is 0.0194. The van der Waals surface area contributed by atoms with Crippen molar-refractivity contribution in [2.45, 2.75) is 63.1 Å². The van der Waals surface area contributed by atoms with E-state index >= 15 is 0 Å². The molecular weight excluding hydrogens is 483 g/mol. The molecule has 1 aromatic heterocycles. The van der Waals surface area contributed by atoms with Crippen LogP contribution in [0.15, 0.2) is 35.5 Å². The molecule has 1 aliphatic carbocycles. The molecule has 2 saturated heterocycles. The Balaban J connectivity index is 1.29. The van der Waals surface area contributed by atoms with Crippen LogP contribution in [-0.4, -0.2) is 70.3 Å². The highest BCUT2D eigenvalue weighted by Crippen LogP contribution is 2.44. The molecule has 0 unspecified atom stereocenters. The fourth-order valence-electron chi connectivity index (χ4n) is 5.70. The summed E-state index contributed by atoms with van der Waals surface area (Å²) in [5.74, 6) is -0.194. The van der Waals surface area contributed by atoms with Crippen molar-refractivity contribution in [1.29, 1.82) is 0 Å². The zero-order valence-corrected chi connectivity index (χ0v) is 21.0. The minimum atomic E-state index is -4.42. The van der Waals surface area contributed by atoms with Crippen LogP contribution in [0, 0.1) is 0 Å². The van der Waals surface area contributed by atoms with E-state index in [0.29, 0.717) is 31.6 Å². The van der Waals surface area contributed by atoms with Crippen LogP contribution in [0.3, 0.4) is 0 Å². The molecule has 1 atom stereocenters. The molecule has 2 aromatic rings. The number of amides is 2. The molecule has 0 radical (unpaired) electrons. The summed E-state index contributed by atoms with van der Waals surface area (Å²) >= 11 is 0. The molecule has 3 heterocycles. The van der Waals surface area contributed by atoms with Gasteiger partial charge in [0, 0.05) is 38.0 Å². The number of alkyl halides is 3. The highest BCUT2D eigenvalue weighted by atomic mass is 19.4. The first-order valence-corrected chi connectivity index (χ1v) is 13.0. The average molecular weight is 516 g/mol. The Morgan fingerprint density at radius 2 is 1.73 bits per heavy atom. The zero-order chi connectivity index (χ0) is 26.2. The van der Waals surface area contributed by atoms with Crippen molar-refractivity contribution in [3.05, 3.63) is 52.8 Å². The maximum atomic E-state index is 13.6. The molecule has 7 nitrogen and oxygen atoms in total. The first kappa shape index (κ1) is 25.5. The maximum Gasteiger partial charge on any atom is 0.416 e. The van der Waals surface area contributed by atoms with Crippen molar-refractivity contribution in [1.82, 2.24) is 19.6 Å². The number of aliphatic imine (C=N–C) groups is 1. The van der Waals surface area contributed by atoms with Gasteiger partial charge in [-0.2, -0.15) is 18.3 Å². The summed E-state index contributed by atoms with van der Waals surface area (Å²) in [6.45, 7) is 3.90. The number of hydrogen-bond acceptors (Lipinski definition) is 4. The predicted molar refractivity (Wildman–Crippen MR) is 133 cm³/mol. The van der Waals surface area contributed by atoms with E-state index in [-0.39, 0.29) is 48.3 Å². The second-order valence-electron chi connectivity index (χ2n) is 10.2. The molecule has 5 rings (SSSR count). The highest BCUT2D eigenvalue weighted by molar-refractivity contribution is 5.95. The van der Waals surface area contributed by atoms with E-state index in [0.717, 1.165) is 37.4 Å². The Morgan fingerprint density at radius 1 is 1.03 bits per heavy atom. The third-order valence-corrected chi connectivity index (χ3v) is 7.78. The van der Waals surface area contributed by atoms with Crippen molar-refractivity contribution < 1.29 is 22.8 Å². The lowest BCUT2D eigenvalue weighted by atomic mass is 9.93. The third-order valence-electron chi connectivity index (χ3n) is 7.78. The molecule has 198 valence electrons. The molecule has 1 aromatic carbocycles.